The van der Waals surface area contributed by atoms with Crippen LogP contribution in [-0.4, -0.2) is 36.1 Å². The number of nitrogens with two attached hydrogens (primary N) is 1. The van der Waals surface area contributed by atoms with Crippen LogP contribution in [0.25, 0.3) is 10.9 Å². The summed E-state index contributed by atoms with van der Waals surface area (Å²) in [5.74, 6) is 0.723. The number of ether oxygens (including phenoxy) is 1. The standard InChI is InChI=1S/C15H21N3O/c1-15(2,18(3)4)10-19-14-11-7-5-6-8-13(11)17-9-12(14)16/h5-9H,10,16H2,1-4H3. The predicted molar refractivity (Wildman–Crippen MR) is 79.4 cm³/mol. The molecule has 0 amide bonds. The number of para-hydroxylation sites is 1. The highest BCUT2D eigenvalue weighted by molar-refractivity contribution is 5.89. The van der Waals surface area contributed by atoms with Crippen molar-refractivity contribution in [3.63, 3.8) is 0 Å². The average Bonchev–Trinajstić information content (AvgIpc) is 2.37. The summed E-state index contributed by atoms with van der Waals surface area (Å²) in [6.07, 6.45) is 1.65. The third-order valence-corrected chi connectivity index (χ3v) is 3.53. The molecular formula is C15H21N3O. The van der Waals surface area contributed by atoms with Gasteiger partial charge in [-0.2, -0.15) is 0 Å². The number of fused-ring (bicyclic) bond motifs is 1. The fraction of sp³-hybridized carbons (Fsp3) is 0.400. The molecule has 0 radical (unpaired) electrons. The van der Waals surface area contributed by atoms with Crippen molar-refractivity contribution in [2.75, 3.05) is 26.4 Å². The lowest BCUT2D eigenvalue weighted by atomic mass is 10.1. The van der Waals surface area contributed by atoms with Gasteiger partial charge in [-0.05, 0) is 40.1 Å². The molecule has 0 aliphatic carbocycles. The van der Waals surface area contributed by atoms with E-state index in [1.165, 1.54) is 0 Å². The van der Waals surface area contributed by atoms with Gasteiger partial charge in [0.15, 0.2) is 5.75 Å². The first-order chi connectivity index (χ1) is 8.92. The molecule has 2 aromatic rings. The molecule has 1 aromatic carbocycles. The van der Waals surface area contributed by atoms with Gasteiger partial charge in [-0.1, -0.05) is 12.1 Å². The van der Waals surface area contributed by atoms with Crippen molar-refractivity contribution in [1.29, 1.82) is 0 Å². The van der Waals surface area contributed by atoms with Gasteiger partial charge in [0.25, 0.3) is 0 Å². The topological polar surface area (TPSA) is 51.4 Å². The smallest absolute Gasteiger partial charge is 0.153 e. The fourth-order valence-electron chi connectivity index (χ4n) is 1.67. The molecule has 0 fully saturated rings. The second-order valence-corrected chi connectivity index (χ2v) is 5.56. The van der Waals surface area contributed by atoms with Crippen molar-refractivity contribution in [2.24, 2.45) is 0 Å². The van der Waals surface area contributed by atoms with Crippen molar-refractivity contribution in [3.8, 4) is 5.75 Å². The highest BCUT2D eigenvalue weighted by Crippen LogP contribution is 2.30. The molecule has 2 N–H and O–H groups in total. The molecule has 0 aliphatic heterocycles. The molecule has 0 bridgehead atoms. The number of hydrogen-bond acceptors (Lipinski definition) is 4. The molecule has 0 aliphatic rings. The van der Waals surface area contributed by atoms with E-state index in [-0.39, 0.29) is 5.54 Å². The van der Waals surface area contributed by atoms with Crippen LogP contribution in [0.2, 0.25) is 0 Å². The molecule has 1 aromatic heterocycles. The van der Waals surface area contributed by atoms with Crippen LogP contribution >= 0.6 is 0 Å². The molecule has 4 heteroatoms. The van der Waals surface area contributed by atoms with Gasteiger partial charge in [-0.15, -0.1) is 0 Å². The molecule has 102 valence electrons. The maximum absolute atomic E-state index is 5.99. The first kappa shape index (κ1) is 13.6. The third-order valence-electron chi connectivity index (χ3n) is 3.53. The fourth-order valence-corrected chi connectivity index (χ4v) is 1.67. The van der Waals surface area contributed by atoms with Gasteiger partial charge in [-0.3, -0.25) is 4.98 Å². The molecular weight excluding hydrogens is 238 g/mol. The van der Waals surface area contributed by atoms with Gasteiger partial charge in [0, 0.05) is 10.9 Å². The Morgan fingerprint density at radius 2 is 1.95 bits per heavy atom. The van der Waals surface area contributed by atoms with E-state index in [0.29, 0.717) is 12.3 Å². The number of anilines is 1. The number of pyridine rings is 1. The summed E-state index contributed by atoms with van der Waals surface area (Å²) < 4.78 is 5.97. The maximum Gasteiger partial charge on any atom is 0.153 e. The van der Waals surface area contributed by atoms with Gasteiger partial charge in [0.2, 0.25) is 0 Å². The van der Waals surface area contributed by atoms with Crippen molar-refractivity contribution in [2.45, 2.75) is 19.4 Å². The molecule has 0 unspecified atom stereocenters. The van der Waals surface area contributed by atoms with E-state index in [9.17, 15) is 0 Å². The molecule has 0 saturated heterocycles. The van der Waals surface area contributed by atoms with Crippen molar-refractivity contribution >= 4 is 16.6 Å². The second-order valence-electron chi connectivity index (χ2n) is 5.56. The second kappa shape index (κ2) is 5.05. The number of hydrogen-bond donors (Lipinski definition) is 1. The zero-order valence-electron chi connectivity index (χ0n) is 12.0. The Balaban J connectivity index is 2.32. The van der Waals surface area contributed by atoms with E-state index >= 15 is 0 Å². The SMILES string of the molecule is CN(C)C(C)(C)COc1c(N)cnc2ccccc12. The molecule has 0 atom stereocenters. The number of nitrogen functional groups attached to an aromatic ring is 1. The summed E-state index contributed by atoms with van der Waals surface area (Å²) in [5.41, 5.74) is 7.41. The van der Waals surface area contributed by atoms with Crippen LogP contribution in [0.4, 0.5) is 5.69 Å². The molecule has 0 spiro atoms. The maximum atomic E-state index is 5.99. The summed E-state index contributed by atoms with van der Waals surface area (Å²) in [7, 11) is 4.08. The summed E-state index contributed by atoms with van der Waals surface area (Å²) >= 11 is 0. The highest BCUT2D eigenvalue weighted by Gasteiger charge is 2.22. The average molecular weight is 259 g/mol. The van der Waals surface area contributed by atoms with Crippen LogP contribution in [0.5, 0.6) is 5.75 Å². The first-order valence-electron chi connectivity index (χ1n) is 6.35. The Morgan fingerprint density at radius 1 is 1.26 bits per heavy atom. The van der Waals surface area contributed by atoms with Crippen LogP contribution in [-0.2, 0) is 0 Å². The number of rotatable bonds is 4. The molecule has 19 heavy (non-hydrogen) atoms. The summed E-state index contributed by atoms with van der Waals surface area (Å²) in [4.78, 5) is 6.44. The Bertz CT molecular complexity index is 579. The van der Waals surface area contributed by atoms with Gasteiger partial charge in [0.05, 0.1) is 17.4 Å². The van der Waals surface area contributed by atoms with E-state index in [1.807, 2.05) is 38.4 Å². The minimum Gasteiger partial charge on any atom is -0.489 e. The zero-order chi connectivity index (χ0) is 14.0. The van der Waals surface area contributed by atoms with Crippen LogP contribution in [0.3, 0.4) is 0 Å². The Kier molecular flexibility index (Phi) is 3.62. The third kappa shape index (κ3) is 2.79. The Hall–Kier alpha value is -1.81. The van der Waals surface area contributed by atoms with Crippen molar-refractivity contribution < 1.29 is 4.74 Å². The monoisotopic (exact) mass is 259 g/mol. The summed E-state index contributed by atoms with van der Waals surface area (Å²) in [5, 5.41) is 0.956. The largest absolute Gasteiger partial charge is 0.489 e. The first-order valence-corrected chi connectivity index (χ1v) is 6.35. The van der Waals surface area contributed by atoms with E-state index in [1.54, 1.807) is 6.20 Å². The number of likely N-dealkylation sites (N-methyl/N-ethyl adjacent to an activating group) is 1. The molecule has 4 nitrogen and oxygen atoms in total. The Labute approximate surface area is 114 Å². The van der Waals surface area contributed by atoms with Crippen LogP contribution < -0.4 is 10.5 Å². The Morgan fingerprint density at radius 3 is 2.63 bits per heavy atom. The van der Waals surface area contributed by atoms with E-state index in [4.69, 9.17) is 10.5 Å². The zero-order valence-corrected chi connectivity index (χ0v) is 12.0. The van der Waals surface area contributed by atoms with Crippen LogP contribution in [0, 0.1) is 0 Å². The van der Waals surface area contributed by atoms with Gasteiger partial charge in [0.1, 0.15) is 6.61 Å². The minimum absolute atomic E-state index is 0.0587. The quantitative estimate of drug-likeness (QED) is 0.916. The number of aromatic nitrogens is 1. The lowest BCUT2D eigenvalue weighted by molar-refractivity contribution is 0.115. The van der Waals surface area contributed by atoms with E-state index in [2.05, 4.69) is 23.7 Å². The van der Waals surface area contributed by atoms with E-state index in [0.717, 1.165) is 16.7 Å². The predicted octanol–water partition coefficient (Wildman–Crippen LogP) is 2.54. The van der Waals surface area contributed by atoms with Crippen molar-refractivity contribution in [1.82, 2.24) is 9.88 Å². The van der Waals surface area contributed by atoms with E-state index < -0.39 is 0 Å². The highest BCUT2D eigenvalue weighted by atomic mass is 16.5. The lowest BCUT2D eigenvalue weighted by Crippen LogP contribution is -2.43. The minimum atomic E-state index is -0.0587. The molecule has 0 saturated carbocycles. The van der Waals surface area contributed by atoms with Crippen LogP contribution in [0.15, 0.2) is 30.5 Å². The van der Waals surface area contributed by atoms with Gasteiger partial charge < -0.3 is 15.4 Å². The van der Waals surface area contributed by atoms with Crippen molar-refractivity contribution in [3.05, 3.63) is 30.5 Å². The lowest BCUT2D eigenvalue weighted by Gasteiger charge is -2.32. The normalized spacial score (nSPS) is 12.1. The molecule has 1 heterocycles. The number of nitrogens with zero attached hydrogens (tertiary/aromatic N) is 2. The summed E-state index contributed by atoms with van der Waals surface area (Å²) in [6, 6.07) is 7.86. The molecule has 2 rings (SSSR count). The summed E-state index contributed by atoms with van der Waals surface area (Å²) in [6.45, 7) is 4.83. The van der Waals surface area contributed by atoms with Gasteiger partial charge >= 0.3 is 0 Å². The van der Waals surface area contributed by atoms with Gasteiger partial charge in [-0.25, -0.2) is 0 Å². The number of benzene rings is 1. The van der Waals surface area contributed by atoms with Crippen LogP contribution in [0.1, 0.15) is 13.8 Å².